The second-order valence-electron chi connectivity index (χ2n) is 4.21. The number of carboxylic acids is 1. The standard InChI is InChI=1S/C13H11BrN2O4S/c14-9-4-10(21-7-9)6-15-5-8-2-1-3-11(16(19)20)12(8)13(17)18/h1-4,7,15H,5-6H2,(H,17,18). The van der Waals surface area contributed by atoms with Crippen molar-refractivity contribution in [2.75, 3.05) is 0 Å². The summed E-state index contributed by atoms with van der Waals surface area (Å²) in [5, 5.41) is 25.1. The predicted molar refractivity (Wildman–Crippen MR) is 82.6 cm³/mol. The summed E-state index contributed by atoms with van der Waals surface area (Å²) in [5.74, 6) is -1.29. The number of nitrogens with one attached hydrogen (secondary N) is 1. The Morgan fingerprint density at radius 2 is 2.19 bits per heavy atom. The number of nitro groups is 1. The second-order valence-corrected chi connectivity index (χ2v) is 6.12. The van der Waals surface area contributed by atoms with Crippen LogP contribution in [0.5, 0.6) is 0 Å². The van der Waals surface area contributed by atoms with Gasteiger partial charge in [-0.05, 0) is 27.6 Å². The molecule has 0 fully saturated rings. The smallest absolute Gasteiger partial charge is 0.343 e. The molecule has 2 N–H and O–H groups in total. The molecule has 0 radical (unpaired) electrons. The maximum atomic E-state index is 11.2. The monoisotopic (exact) mass is 370 g/mol. The van der Waals surface area contributed by atoms with Gasteiger partial charge in [0.2, 0.25) is 0 Å². The first-order chi connectivity index (χ1) is 9.99. The normalized spacial score (nSPS) is 10.5. The molecule has 21 heavy (non-hydrogen) atoms. The first-order valence-electron chi connectivity index (χ1n) is 5.92. The molecule has 2 rings (SSSR count). The number of rotatable bonds is 6. The summed E-state index contributed by atoms with van der Waals surface area (Å²) in [6, 6.07) is 6.23. The molecule has 1 heterocycles. The van der Waals surface area contributed by atoms with Crippen molar-refractivity contribution < 1.29 is 14.8 Å². The van der Waals surface area contributed by atoms with Gasteiger partial charge in [0.15, 0.2) is 0 Å². The zero-order chi connectivity index (χ0) is 15.4. The highest BCUT2D eigenvalue weighted by Crippen LogP contribution is 2.23. The largest absolute Gasteiger partial charge is 0.477 e. The Labute approximate surface area is 132 Å². The number of hydrogen-bond acceptors (Lipinski definition) is 5. The SMILES string of the molecule is O=C(O)c1c(CNCc2cc(Br)cs2)cccc1[N+](=O)[O-]. The van der Waals surface area contributed by atoms with E-state index in [9.17, 15) is 20.0 Å². The van der Waals surface area contributed by atoms with Gasteiger partial charge in [-0.15, -0.1) is 11.3 Å². The number of hydrogen-bond donors (Lipinski definition) is 2. The summed E-state index contributed by atoms with van der Waals surface area (Å²) >= 11 is 4.92. The molecule has 1 aromatic heterocycles. The van der Waals surface area contributed by atoms with Crippen LogP contribution in [0.4, 0.5) is 5.69 Å². The average Bonchev–Trinajstić information content (AvgIpc) is 2.83. The van der Waals surface area contributed by atoms with E-state index < -0.39 is 10.9 Å². The highest BCUT2D eigenvalue weighted by atomic mass is 79.9. The molecule has 1 aromatic carbocycles. The van der Waals surface area contributed by atoms with Gasteiger partial charge in [-0.1, -0.05) is 12.1 Å². The number of carboxylic acid groups (broad SMARTS) is 1. The lowest BCUT2D eigenvalue weighted by atomic mass is 10.1. The van der Waals surface area contributed by atoms with Gasteiger partial charge in [0.05, 0.1) is 4.92 Å². The minimum absolute atomic E-state index is 0.249. The Morgan fingerprint density at radius 1 is 1.43 bits per heavy atom. The number of benzene rings is 1. The third-order valence-electron chi connectivity index (χ3n) is 2.78. The lowest BCUT2D eigenvalue weighted by Gasteiger charge is -2.07. The average molecular weight is 371 g/mol. The molecule has 8 heteroatoms. The van der Waals surface area contributed by atoms with Gasteiger partial charge >= 0.3 is 5.97 Å². The first-order valence-corrected chi connectivity index (χ1v) is 7.59. The molecule has 6 nitrogen and oxygen atoms in total. The van der Waals surface area contributed by atoms with Crippen molar-refractivity contribution >= 4 is 38.9 Å². The van der Waals surface area contributed by atoms with Crippen molar-refractivity contribution in [2.24, 2.45) is 0 Å². The number of nitro benzene ring substituents is 1. The van der Waals surface area contributed by atoms with Gasteiger partial charge in [0.1, 0.15) is 5.56 Å². The molecule has 0 bridgehead atoms. The summed E-state index contributed by atoms with van der Waals surface area (Å²) in [6.45, 7) is 0.816. The van der Waals surface area contributed by atoms with E-state index in [0.29, 0.717) is 12.1 Å². The van der Waals surface area contributed by atoms with Gasteiger partial charge in [-0.3, -0.25) is 10.1 Å². The van der Waals surface area contributed by atoms with Crippen LogP contribution in [0.3, 0.4) is 0 Å². The Kier molecular flexibility index (Phi) is 5.05. The van der Waals surface area contributed by atoms with Gasteiger partial charge in [-0.2, -0.15) is 0 Å². The number of thiophene rings is 1. The summed E-state index contributed by atoms with van der Waals surface area (Å²) < 4.78 is 0.992. The quantitative estimate of drug-likeness (QED) is 0.600. The Morgan fingerprint density at radius 3 is 2.76 bits per heavy atom. The van der Waals surface area contributed by atoms with Crippen LogP contribution in [0.15, 0.2) is 34.1 Å². The van der Waals surface area contributed by atoms with Crippen molar-refractivity contribution in [3.8, 4) is 0 Å². The zero-order valence-corrected chi connectivity index (χ0v) is 13.1. The van der Waals surface area contributed by atoms with Crippen LogP contribution in [0.2, 0.25) is 0 Å². The predicted octanol–water partition coefficient (Wildman–Crippen LogP) is 3.41. The van der Waals surface area contributed by atoms with Crippen molar-refractivity contribution in [1.82, 2.24) is 5.32 Å². The van der Waals surface area contributed by atoms with E-state index in [1.54, 1.807) is 17.4 Å². The van der Waals surface area contributed by atoms with Crippen LogP contribution < -0.4 is 5.32 Å². The zero-order valence-electron chi connectivity index (χ0n) is 10.7. The summed E-state index contributed by atoms with van der Waals surface area (Å²) in [7, 11) is 0. The molecule has 0 unspecified atom stereocenters. The molecule has 0 atom stereocenters. The first kappa shape index (κ1) is 15.6. The number of carbonyl (C=O) groups is 1. The molecule has 0 saturated carbocycles. The van der Waals surface area contributed by atoms with Crippen molar-refractivity contribution in [3.05, 3.63) is 60.2 Å². The number of aromatic carboxylic acids is 1. The van der Waals surface area contributed by atoms with E-state index in [0.717, 1.165) is 9.35 Å². The van der Waals surface area contributed by atoms with Crippen molar-refractivity contribution in [2.45, 2.75) is 13.1 Å². The molecule has 0 amide bonds. The molecule has 110 valence electrons. The molecular formula is C13H11BrN2O4S. The molecule has 0 saturated heterocycles. The van der Waals surface area contributed by atoms with E-state index in [1.807, 2.05) is 11.4 Å². The third kappa shape index (κ3) is 3.87. The molecular weight excluding hydrogens is 360 g/mol. The fraction of sp³-hybridized carbons (Fsp3) is 0.154. The van der Waals surface area contributed by atoms with E-state index >= 15 is 0 Å². The summed E-state index contributed by atoms with van der Waals surface area (Å²) in [6.07, 6.45) is 0. The van der Waals surface area contributed by atoms with Crippen LogP contribution in [-0.2, 0) is 13.1 Å². The lowest BCUT2D eigenvalue weighted by Crippen LogP contribution is -2.16. The molecule has 0 aliphatic heterocycles. The van der Waals surface area contributed by atoms with E-state index in [2.05, 4.69) is 21.2 Å². The fourth-order valence-corrected chi connectivity index (χ4v) is 3.32. The van der Waals surface area contributed by atoms with Crippen LogP contribution in [0.1, 0.15) is 20.8 Å². The highest BCUT2D eigenvalue weighted by molar-refractivity contribution is 9.10. The van der Waals surface area contributed by atoms with Crippen LogP contribution in [-0.4, -0.2) is 16.0 Å². The van der Waals surface area contributed by atoms with Gasteiger partial charge in [0.25, 0.3) is 5.69 Å². The Balaban J connectivity index is 2.14. The topological polar surface area (TPSA) is 92.5 Å². The van der Waals surface area contributed by atoms with Gasteiger partial charge < -0.3 is 10.4 Å². The van der Waals surface area contributed by atoms with Gasteiger partial charge in [-0.25, -0.2) is 4.79 Å². The third-order valence-corrected chi connectivity index (χ3v) is 4.47. The molecule has 2 aromatic rings. The van der Waals surface area contributed by atoms with Crippen LogP contribution in [0.25, 0.3) is 0 Å². The van der Waals surface area contributed by atoms with Gasteiger partial charge in [0, 0.05) is 33.9 Å². The van der Waals surface area contributed by atoms with Crippen molar-refractivity contribution in [1.29, 1.82) is 0 Å². The van der Waals surface area contributed by atoms with E-state index in [1.165, 1.54) is 12.1 Å². The second kappa shape index (κ2) is 6.79. The summed E-state index contributed by atoms with van der Waals surface area (Å²) in [4.78, 5) is 22.6. The van der Waals surface area contributed by atoms with E-state index in [-0.39, 0.29) is 17.8 Å². The fourth-order valence-electron chi connectivity index (χ4n) is 1.90. The van der Waals surface area contributed by atoms with Crippen molar-refractivity contribution in [3.63, 3.8) is 0 Å². The minimum Gasteiger partial charge on any atom is -0.477 e. The lowest BCUT2D eigenvalue weighted by molar-refractivity contribution is -0.385. The molecule has 0 aliphatic rings. The number of nitrogens with zero attached hydrogens (tertiary/aromatic N) is 1. The molecule has 0 aliphatic carbocycles. The summed E-state index contributed by atoms with van der Waals surface area (Å²) in [5.41, 5.74) is -0.254. The van der Waals surface area contributed by atoms with Crippen LogP contribution >= 0.6 is 27.3 Å². The Hall–Kier alpha value is -1.77. The van der Waals surface area contributed by atoms with E-state index in [4.69, 9.17) is 0 Å². The Bertz CT molecular complexity index is 687. The number of halogens is 1. The maximum Gasteiger partial charge on any atom is 0.343 e. The molecule has 0 spiro atoms. The maximum absolute atomic E-state index is 11.2. The van der Waals surface area contributed by atoms with Crippen LogP contribution in [0, 0.1) is 10.1 Å². The highest BCUT2D eigenvalue weighted by Gasteiger charge is 2.22. The minimum atomic E-state index is -1.29.